The number of rotatable bonds is 7. The molecule has 1 heterocycles. The lowest BCUT2D eigenvalue weighted by Crippen LogP contribution is -2.22. The Hall–Kier alpha value is -3.38. The SMILES string of the molecule is Cc1ccc(S(=O)(=O)NCc2ccc(/C=C(/C#N)C(=O)Nc3cccc(Cl)c3)o2)cc1. The third-order valence-corrected chi connectivity index (χ3v) is 5.84. The van der Waals surface area contributed by atoms with E-state index in [1.165, 1.54) is 18.2 Å². The molecular weight excluding hydrogens is 438 g/mol. The fourth-order valence-electron chi connectivity index (χ4n) is 2.59. The number of carbonyl (C=O) groups excluding carboxylic acids is 1. The lowest BCUT2D eigenvalue weighted by Gasteiger charge is -2.05. The van der Waals surface area contributed by atoms with Gasteiger partial charge in [0.15, 0.2) is 0 Å². The molecule has 1 aromatic heterocycles. The molecule has 0 radical (unpaired) electrons. The van der Waals surface area contributed by atoms with E-state index in [4.69, 9.17) is 16.0 Å². The Balaban J connectivity index is 1.67. The predicted octanol–water partition coefficient (Wildman–Crippen LogP) is 4.27. The fourth-order valence-corrected chi connectivity index (χ4v) is 3.77. The van der Waals surface area contributed by atoms with Gasteiger partial charge in [-0.2, -0.15) is 5.26 Å². The van der Waals surface area contributed by atoms with Crippen molar-refractivity contribution in [3.63, 3.8) is 0 Å². The zero-order chi connectivity index (χ0) is 22.4. The molecule has 158 valence electrons. The summed E-state index contributed by atoms with van der Waals surface area (Å²) in [6.45, 7) is 1.78. The summed E-state index contributed by atoms with van der Waals surface area (Å²) in [6.07, 6.45) is 1.28. The fraction of sp³-hybridized carbons (Fsp3) is 0.0909. The van der Waals surface area contributed by atoms with Crippen LogP contribution in [0.5, 0.6) is 0 Å². The first-order chi connectivity index (χ1) is 14.8. The number of anilines is 1. The number of nitrogens with zero attached hydrogens (tertiary/aromatic N) is 1. The van der Waals surface area contributed by atoms with Gasteiger partial charge in [-0.25, -0.2) is 13.1 Å². The van der Waals surface area contributed by atoms with E-state index in [1.54, 1.807) is 48.5 Å². The number of furan rings is 1. The molecule has 0 saturated heterocycles. The number of carbonyl (C=O) groups is 1. The largest absolute Gasteiger partial charge is 0.460 e. The summed E-state index contributed by atoms with van der Waals surface area (Å²) in [7, 11) is -3.70. The summed E-state index contributed by atoms with van der Waals surface area (Å²) in [6, 6.07) is 17.9. The smallest absolute Gasteiger partial charge is 0.266 e. The molecule has 9 heteroatoms. The number of benzene rings is 2. The molecule has 0 spiro atoms. The van der Waals surface area contributed by atoms with Crippen LogP contribution in [-0.4, -0.2) is 14.3 Å². The standard InChI is InChI=1S/C22H18ClN3O4S/c1-15-5-9-21(10-6-15)31(28,29)25-14-20-8-7-19(30-20)11-16(13-24)22(27)26-18-4-2-3-17(23)12-18/h2-12,25H,14H2,1H3,(H,26,27)/b16-11-. The predicted molar refractivity (Wildman–Crippen MR) is 118 cm³/mol. The summed E-state index contributed by atoms with van der Waals surface area (Å²) in [5, 5.41) is 12.3. The van der Waals surface area contributed by atoms with E-state index in [9.17, 15) is 18.5 Å². The molecule has 0 aliphatic carbocycles. The molecule has 0 saturated carbocycles. The van der Waals surface area contributed by atoms with Gasteiger partial charge in [-0.15, -0.1) is 0 Å². The molecule has 31 heavy (non-hydrogen) atoms. The van der Waals surface area contributed by atoms with E-state index in [-0.39, 0.29) is 22.8 Å². The Labute approximate surface area is 185 Å². The van der Waals surface area contributed by atoms with Crippen molar-refractivity contribution in [1.82, 2.24) is 4.72 Å². The van der Waals surface area contributed by atoms with Crippen molar-refractivity contribution in [1.29, 1.82) is 5.26 Å². The Morgan fingerprint density at radius 1 is 1.16 bits per heavy atom. The van der Waals surface area contributed by atoms with Gasteiger partial charge in [0.05, 0.1) is 11.4 Å². The number of nitriles is 1. The van der Waals surface area contributed by atoms with Crippen molar-refractivity contribution in [3.8, 4) is 6.07 Å². The number of hydrogen-bond donors (Lipinski definition) is 2. The van der Waals surface area contributed by atoms with Gasteiger partial charge in [-0.05, 0) is 49.4 Å². The van der Waals surface area contributed by atoms with E-state index >= 15 is 0 Å². The Bertz CT molecular complexity index is 1270. The van der Waals surface area contributed by atoms with Gasteiger partial charge < -0.3 is 9.73 Å². The molecule has 0 bridgehead atoms. The number of hydrogen-bond acceptors (Lipinski definition) is 5. The highest BCUT2D eigenvalue weighted by molar-refractivity contribution is 7.89. The van der Waals surface area contributed by atoms with Crippen molar-refractivity contribution in [3.05, 3.63) is 88.3 Å². The van der Waals surface area contributed by atoms with Crippen LogP contribution < -0.4 is 10.0 Å². The average Bonchev–Trinajstić information content (AvgIpc) is 3.18. The molecule has 0 aliphatic rings. The first-order valence-corrected chi connectivity index (χ1v) is 11.0. The highest BCUT2D eigenvalue weighted by Crippen LogP contribution is 2.18. The molecular formula is C22H18ClN3O4S. The first-order valence-electron chi connectivity index (χ1n) is 9.10. The van der Waals surface area contributed by atoms with Crippen molar-refractivity contribution in [2.45, 2.75) is 18.4 Å². The minimum atomic E-state index is -3.70. The van der Waals surface area contributed by atoms with Gasteiger partial charge in [-0.1, -0.05) is 35.4 Å². The zero-order valence-corrected chi connectivity index (χ0v) is 18.0. The van der Waals surface area contributed by atoms with Crippen LogP contribution in [0.4, 0.5) is 5.69 Å². The van der Waals surface area contributed by atoms with Crippen LogP contribution in [0.25, 0.3) is 6.08 Å². The second-order valence-electron chi connectivity index (χ2n) is 6.58. The van der Waals surface area contributed by atoms with Gasteiger partial charge in [-0.3, -0.25) is 4.79 Å². The van der Waals surface area contributed by atoms with E-state index in [0.717, 1.165) is 5.56 Å². The van der Waals surface area contributed by atoms with Gasteiger partial charge in [0.25, 0.3) is 5.91 Å². The first kappa shape index (κ1) is 22.3. The molecule has 3 aromatic rings. The van der Waals surface area contributed by atoms with Crippen molar-refractivity contribution < 1.29 is 17.6 Å². The maximum Gasteiger partial charge on any atom is 0.266 e. The van der Waals surface area contributed by atoms with Crippen LogP contribution >= 0.6 is 11.6 Å². The van der Waals surface area contributed by atoms with E-state index in [2.05, 4.69) is 10.0 Å². The second kappa shape index (κ2) is 9.62. The number of amides is 1. The van der Waals surface area contributed by atoms with Crippen LogP contribution in [0.3, 0.4) is 0 Å². The van der Waals surface area contributed by atoms with Crippen LogP contribution in [0, 0.1) is 18.3 Å². The Morgan fingerprint density at radius 3 is 2.58 bits per heavy atom. The summed E-state index contributed by atoms with van der Waals surface area (Å²) < 4.78 is 32.7. The quantitative estimate of drug-likeness (QED) is 0.408. The molecule has 2 aromatic carbocycles. The highest BCUT2D eigenvalue weighted by atomic mass is 35.5. The van der Waals surface area contributed by atoms with Crippen LogP contribution in [0.2, 0.25) is 5.02 Å². The molecule has 0 aliphatic heterocycles. The third-order valence-electron chi connectivity index (χ3n) is 4.18. The summed E-state index contributed by atoms with van der Waals surface area (Å²) in [5.41, 5.74) is 1.22. The lowest BCUT2D eigenvalue weighted by molar-refractivity contribution is -0.112. The lowest BCUT2D eigenvalue weighted by atomic mass is 10.2. The number of nitrogens with one attached hydrogen (secondary N) is 2. The van der Waals surface area contributed by atoms with Gasteiger partial charge in [0.1, 0.15) is 23.2 Å². The maximum atomic E-state index is 12.4. The molecule has 2 N–H and O–H groups in total. The van der Waals surface area contributed by atoms with Gasteiger partial charge in [0, 0.05) is 16.8 Å². The number of aryl methyl sites for hydroxylation is 1. The Kier molecular flexibility index (Phi) is 6.92. The maximum absolute atomic E-state index is 12.4. The highest BCUT2D eigenvalue weighted by Gasteiger charge is 2.15. The van der Waals surface area contributed by atoms with Crippen LogP contribution in [0.15, 0.2) is 75.5 Å². The molecule has 0 atom stereocenters. The average molecular weight is 456 g/mol. The molecule has 0 unspecified atom stereocenters. The third kappa shape index (κ3) is 6.06. The van der Waals surface area contributed by atoms with Crippen molar-refractivity contribution >= 4 is 39.3 Å². The van der Waals surface area contributed by atoms with Crippen molar-refractivity contribution in [2.24, 2.45) is 0 Å². The second-order valence-corrected chi connectivity index (χ2v) is 8.78. The summed E-state index contributed by atoms with van der Waals surface area (Å²) in [4.78, 5) is 12.5. The summed E-state index contributed by atoms with van der Waals surface area (Å²) >= 11 is 5.89. The van der Waals surface area contributed by atoms with Crippen LogP contribution in [0.1, 0.15) is 17.1 Å². The zero-order valence-electron chi connectivity index (χ0n) is 16.4. The van der Waals surface area contributed by atoms with Gasteiger partial charge in [0.2, 0.25) is 10.0 Å². The summed E-state index contributed by atoms with van der Waals surface area (Å²) in [5.74, 6) is -0.0559. The Morgan fingerprint density at radius 2 is 1.90 bits per heavy atom. The van der Waals surface area contributed by atoms with E-state index in [0.29, 0.717) is 16.5 Å². The number of halogens is 1. The molecule has 0 fully saturated rings. The topological polar surface area (TPSA) is 112 Å². The minimum Gasteiger partial charge on any atom is -0.460 e. The molecule has 3 rings (SSSR count). The normalized spacial score (nSPS) is 11.7. The van der Waals surface area contributed by atoms with E-state index < -0.39 is 15.9 Å². The minimum absolute atomic E-state index is 0.0827. The molecule has 1 amide bonds. The molecule has 7 nitrogen and oxygen atoms in total. The van der Waals surface area contributed by atoms with Crippen LogP contribution in [-0.2, 0) is 21.4 Å². The van der Waals surface area contributed by atoms with Gasteiger partial charge >= 0.3 is 0 Å². The monoisotopic (exact) mass is 455 g/mol. The van der Waals surface area contributed by atoms with Crippen molar-refractivity contribution in [2.75, 3.05) is 5.32 Å². The number of sulfonamides is 1. The van der Waals surface area contributed by atoms with E-state index in [1.807, 2.05) is 13.0 Å².